The molecule has 148 valence electrons. The first-order valence-corrected chi connectivity index (χ1v) is 10.2. The molecule has 0 atom stereocenters. The number of carbonyl (C=O) groups excluding carboxylic acids is 1. The van der Waals surface area contributed by atoms with Crippen LogP contribution in [0.15, 0.2) is 76.5 Å². The molecule has 1 amide bonds. The predicted molar refractivity (Wildman–Crippen MR) is 117 cm³/mol. The van der Waals surface area contributed by atoms with Crippen LogP contribution < -0.4 is 5.32 Å². The summed E-state index contributed by atoms with van der Waals surface area (Å²) in [5.74, 6) is -0.00902. The molecular formula is C22H19ClN2O3S. The van der Waals surface area contributed by atoms with Crippen molar-refractivity contribution in [3.05, 3.63) is 93.0 Å². The fourth-order valence-electron chi connectivity index (χ4n) is 2.69. The van der Waals surface area contributed by atoms with Gasteiger partial charge in [-0.2, -0.15) is 0 Å². The quantitative estimate of drug-likeness (QED) is 0.348. The summed E-state index contributed by atoms with van der Waals surface area (Å²) in [5, 5.41) is 14.9. The third-order valence-corrected chi connectivity index (χ3v) is 5.89. The highest BCUT2D eigenvalue weighted by Crippen LogP contribution is 2.38. The molecular weight excluding hydrogens is 408 g/mol. The minimum atomic E-state index is -0.493. The molecule has 0 fully saturated rings. The van der Waals surface area contributed by atoms with E-state index in [1.54, 1.807) is 30.3 Å². The van der Waals surface area contributed by atoms with Crippen molar-refractivity contribution in [2.45, 2.75) is 29.6 Å². The van der Waals surface area contributed by atoms with Crippen LogP contribution in [0.5, 0.6) is 0 Å². The number of benzene rings is 3. The minimum Gasteiger partial charge on any atom is -0.322 e. The fourth-order valence-corrected chi connectivity index (χ4v) is 3.86. The van der Waals surface area contributed by atoms with Gasteiger partial charge in [0.25, 0.3) is 11.6 Å². The Kier molecular flexibility index (Phi) is 6.56. The SMILES string of the molecule is CC(C)c1ccc(NC(=O)c2ccc(Sc3ccccc3Cl)c([N+](=O)[O-])c2)cc1. The second-order valence-electron chi connectivity index (χ2n) is 6.70. The molecule has 0 aliphatic heterocycles. The van der Waals surface area contributed by atoms with Gasteiger partial charge in [0.2, 0.25) is 0 Å². The zero-order valence-corrected chi connectivity index (χ0v) is 17.5. The van der Waals surface area contributed by atoms with Gasteiger partial charge in [-0.3, -0.25) is 14.9 Å². The topological polar surface area (TPSA) is 72.2 Å². The third kappa shape index (κ3) is 5.16. The lowest BCUT2D eigenvalue weighted by atomic mass is 10.0. The first kappa shape index (κ1) is 20.9. The second-order valence-corrected chi connectivity index (χ2v) is 8.19. The van der Waals surface area contributed by atoms with Crippen molar-refractivity contribution in [3.63, 3.8) is 0 Å². The van der Waals surface area contributed by atoms with E-state index in [9.17, 15) is 14.9 Å². The molecule has 0 spiro atoms. The molecule has 7 heteroatoms. The van der Waals surface area contributed by atoms with Gasteiger partial charge in [-0.15, -0.1) is 0 Å². The summed E-state index contributed by atoms with van der Waals surface area (Å²) in [4.78, 5) is 24.8. The number of nitro benzene ring substituents is 1. The van der Waals surface area contributed by atoms with E-state index in [0.29, 0.717) is 26.4 Å². The van der Waals surface area contributed by atoms with Crippen molar-refractivity contribution >= 4 is 40.6 Å². The van der Waals surface area contributed by atoms with Crippen molar-refractivity contribution in [2.24, 2.45) is 0 Å². The lowest BCUT2D eigenvalue weighted by molar-refractivity contribution is -0.387. The Bertz CT molecular complexity index is 1050. The highest BCUT2D eigenvalue weighted by atomic mass is 35.5. The first-order chi connectivity index (χ1) is 13.8. The van der Waals surface area contributed by atoms with Crippen LogP contribution in [-0.2, 0) is 0 Å². The normalized spacial score (nSPS) is 10.8. The Morgan fingerprint density at radius 1 is 1.03 bits per heavy atom. The maximum atomic E-state index is 12.6. The number of amides is 1. The van der Waals surface area contributed by atoms with Crippen LogP contribution in [-0.4, -0.2) is 10.8 Å². The Hall–Kier alpha value is -2.83. The molecule has 0 bridgehead atoms. The molecule has 0 aliphatic rings. The van der Waals surface area contributed by atoms with Gasteiger partial charge in [0.1, 0.15) is 0 Å². The minimum absolute atomic E-state index is 0.141. The van der Waals surface area contributed by atoms with E-state index in [2.05, 4.69) is 19.2 Å². The molecule has 0 heterocycles. The largest absolute Gasteiger partial charge is 0.322 e. The molecule has 0 saturated heterocycles. The number of nitro groups is 1. The summed E-state index contributed by atoms with van der Waals surface area (Å²) in [6, 6.07) is 19.1. The third-order valence-electron chi connectivity index (χ3n) is 4.31. The smallest absolute Gasteiger partial charge is 0.284 e. The van der Waals surface area contributed by atoms with E-state index >= 15 is 0 Å². The monoisotopic (exact) mass is 426 g/mol. The maximum Gasteiger partial charge on any atom is 0.284 e. The standard InChI is InChI=1S/C22H19ClN2O3S/c1-14(2)15-7-10-17(11-8-15)24-22(26)16-9-12-21(19(13-16)25(27)28)29-20-6-4-3-5-18(20)23/h3-14H,1-2H3,(H,24,26). The van der Waals surface area contributed by atoms with Crippen LogP contribution in [0.3, 0.4) is 0 Å². The zero-order chi connectivity index (χ0) is 21.0. The Labute approximate surface area is 178 Å². The number of nitrogens with zero attached hydrogens (tertiary/aromatic N) is 1. The van der Waals surface area contributed by atoms with Gasteiger partial charge in [-0.1, -0.05) is 61.5 Å². The van der Waals surface area contributed by atoms with E-state index in [1.165, 1.54) is 23.4 Å². The Morgan fingerprint density at radius 2 is 1.72 bits per heavy atom. The number of carbonyl (C=O) groups is 1. The van der Waals surface area contributed by atoms with Crippen LogP contribution in [0.1, 0.15) is 35.7 Å². The number of hydrogen-bond acceptors (Lipinski definition) is 4. The summed E-state index contributed by atoms with van der Waals surface area (Å²) in [6.45, 7) is 4.18. The van der Waals surface area contributed by atoms with E-state index in [1.807, 2.05) is 30.3 Å². The number of halogens is 1. The lowest BCUT2D eigenvalue weighted by Crippen LogP contribution is -2.12. The van der Waals surface area contributed by atoms with Gasteiger partial charge < -0.3 is 5.32 Å². The highest BCUT2D eigenvalue weighted by Gasteiger charge is 2.19. The van der Waals surface area contributed by atoms with Gasteiger partial charge in [0.15, 0.2) is 0 Å². The van der Waals surface area contributed by atoms with Crippen molar-refractivity contribution in [2.75, 3.05) is 5.32 Å². The fraction of sp³-hybridized carbons (Fsp3) is 0.136. The van der Waals surface area contributed by atoms with Gasteiger partial charge in [0, 0.05) is 22.2 Å². The molecule has 0 saturated carbocycles. The number of hydrogen-bond donors (Lipinski definition) is 1. The number of nitrogens with one attached hydrogen (secondary N) is 1. The van der Waals surface area contributed by atoms with E-state index in [4.69, 9.17) is 11.6 Å². The average molecular weight is 427 g/mol. The van der Waals surface area contributed by atoms with E-state index < -0.39 is 10.8 Å². The summed E-state index contributed by atoms with van der Waals surface area (Å²) in [7, 11) is 0. The molecule has 0 aromatic heterocycles. The van der Waals surface area contributed by atoms with Crippen LogP contribution in [0, 0.1) is 10.1 Å². The van der Waals surface area contributed by atoms with Crippen molar-refractivity contribution in [1.82, 2.24) is 0 Å². The first-order valence-electron chi connectivity index (χ1n) is 8.97. The summed E-state index contributed by atoms with van der Waals surface area (Å²) < 4.78 is 0. The molecule has 5 nitrogen and oxygen atoms in total. The molecule has 3 aromatic rings. The van der Waals surface area contributed by atoms with Gasteiger partial charge in [-0.05, 0) is 47.9 Å². The van der Waals surface area contributed by atoms with Gasteiger partial charge >= 0.3 is 0 Å². The summed E-state index contributed by atoms with van der Waals surface area (Å²) in [5.41, 5.74) is 1.88. The highest BCUT2D eigenvalue weighted by molar-refractivity contribution is 7.99. The average Bonchev–Trinajstić information content (AvgIpc) is 2.70. The van der Waals surface area contributed by atoms with Crippen LogP contribution in [0.25, 0.3) is 0 Å². The Balaban J connectivity index is 1.83. The molecule has 3 aromatic carbocycles. The molecule has 1 N–H and O–H groups in total. The molecule has 0 radical (unpaired) electrons. The number of anilines is 1. The Morgan fingerprint density at radius 3 is 2.34 bits per heavy atom. The molecule has 3 rings (SSSR count). The molecule has 29 heavy (non-hydrogen) atoms. The van der Waals surface area contributed by atoms with Crippen molar-refractivity contribution in [1.29, 1.82) is 0 Å². The maximum absolute atomic E-state index is 12.6. The van der Waals surface area contributed by atoms with E-state index in [0.717, 1.165) is 0 Å². The van der Waals surface area contributed by atoms with Gasteiger partial charge in [0.05, 0.1) is 14.8 Å². The molecule has 0 unspecified atom stereocenters. The number of rotatable bonds is 6. The predicted octanol–water partition coefficient (Wildman–Crippen LogP) is 6.78. The summed E-state index contributed by atoms with van der Waals surface area (Å²) >= 11 is 7.35. The second kappa shape index (κ2) is 9.11. The van der Waals surface area contributed by atoms with Crippen LogP contribution in [0.4, 0.5) is 11.4 Å². The van der Waals surface area contributed by atoms with Crippen LogP contribution in [0.2, 0.25) is 5.02 Å². The van der Waals surface area contributed by atoms with Crippen molar-refractivity contribution < 1.29 is 9.72 Å². The molecule has 0 aliphatic carbocycles. The summed E-state index contributed by atoms with van der Waals surface area (Å²) in [6.07, 6.45) is 0. The zero-order valence-electron chi connectivity index (χ0n) is 15.9. The van der Waals surface area contributed by atoms with E-state index in [-0.39, 0.29) is 11.3 Å². The lowest BCUT2D eigenvalue weighted by Gasteiger charge is -2.10. The van der Waals surface area contributed by atoms with Gasteiger partial charge in [-0.25, -0.2) is 0 Å². The van der Waals surface area contributed by atoms with Crippen molar-refractivity contribution in [3.8, 4) is 0 Å². The van der Waals surface area contributed by atoms with Crippen LogP contribution >= 0.6 is 23.4 Å².